The zero-order valence-corrected chi connectivity index (χ0v) is 10.8. The van der Waals surface area contributed by atoms with Crippen LogP contribution in [-0.4, -0.2) is 11.1 Å². The highest BCUT2D eigenvalue weighted by Crippen LogP contribution is 2.29. The van der Waals surface area contributed by atoms with Crippen LogP contribution >= 0.6 is 0 Å². The molecule has 2 rings (SSSR count). The van der Waals surface area contributed by atoms with E-state index in [2.05, 4.69) is 6.92 Å². The van der Waals surface area contributed by atoms with E-state index in [0.29, 0.717) is 6.61 Å². The topological polar surface area (TPSA) is 46.5 Å². The first-order valence-corrected chi connectivity index (χ1v) is 6.59. The van der Waals surface area contributed by atoms with Crippen molar-refractivity contribution in [2.45, 2.75) is 39.2 Å². The largest absolute Gasteiger partial charge is 0.508 e. The molecule has 1 fully saturated rings. The van der Waals surface area contributed by atoms with Gasteiger partial charge in [-0.25, -0.2) is 0 Å². The van der Waals surface area contributed by atoms with Gasteiger partial charge in [0, 0.05) is 0 Å². The molecule has 1 aliphatic rings. The van der Waals surface area contributed by atoms with Crippen molar-refractivity contribution >= 4 is 5.97 Å². The summed E-state index contributed by atoms with van der Waals surface area (Å²) in [6, 6.07) is 6.74. The number of benzene rings is 1. The SMILES string of the molecule is CC1CCC(C(=O)OCc2ccc(O)cc2)CC1. The lowest BCUT2D eigenvalue weighted by molar-refractivity contribution is -0.151. The molecule has 1 aromatic rings. The monoisotopic (exact) mass is 248 g/mol. The maximum Gasteiger partial charge on any atom is 0.309 e. The summed E-state index contributed by atoms with van der Waals surface area (Å²) in [4.78, 5) is 11.9. The number of phenols is 1. The summed E-state index contributed by atoms with van der Waals surface area (Å²) in [6.45, 7) is 2.53. The van der Waals surface area contributed by atoms with Gasteiger partial charge in [0.1, 0.15) is 12.4 Å². The van der Waals surface area contributed by atoms with Crippen molar-refractivity contribution in [3.63, 3.8) is 0 Å². The van der Waals surface area contributed by atoms with Gasteiger partial charge in [0.25, 0.3) is 0 Å². The van der Waals surface area contributed by atoms with Crippen LogP contribution in [0.25, 0.3) is 0 Å². The van der Waals surface area contributed by atoms with Crippen molar-refractivity contribution in [2.75, 3.05) is 0 Å². The fourth-order valence-electron chi connectivity index (χ4n) is 2.36. The van der Waals surface area contributed by atoms with Crippen molar-refractivity contribution in [1.29, 1.82) is 0 Å². The van der Waals surface area contributed by atoms with Gasteiger partial charge >= 0.3 is 5.97 Å². The fraction of sp³-hybridized carbons (Fsp3) is 0.533. The van der Waals surface area contributed by atoms with Gasteiger partial charge in [0.2, 0.25) is 0 Å². The molecule has 0 heterocycles. The van der Waals surface area contributed by atoms with Crippen LogP contribution in [0.5, 0.6) is 5.75 Å². The molecule has 0 aromatic heterocycles. The number of ether oxygens (including phenoxy) is 1. The third-order valence-electron chi connectivity index (χ3n) is 3.67. The third-order valence-corrected chi connectivity index (χ3v) is 3.67. The van der Waals surface area contributed by atoms with E-state index in [1.165, 1.54) is 0 Å². The number of esters is 1. The Labute approximate surface area is 108 Å². The lowest BCUT2D eigenvalue weighted by atomic mass is 9.83. The molecule has 0 aliphatic heterocycles. The quantitative estimate of drug-likeness (QED) is 0.835. The number of hydrogen-bond donors (Lipinski definition) is 1. The van der Waals surface area contributed by atoms with Gasteiger partial charge in [-0.2, -0.15) is 0 Å². The Morgan fingerprint density at radius 1 is 1.22 bits per heavy atom. The van der Waals surface area contributed by atoms with E-state index in [9.17, 15) is 4.79 Å². The van der Waals surface area contributed by atoms with Crippen molar-refractivity contribution in [2.24, 2.45) is 11.8 Å². The van der Waals surface area contributed by atoms with E-state index in [-0.39, 0.29) is 17.6 Å². The number of carbonyl (C=O) groups is 1. The molecule has 3 nitrogen and oxygen atoms in total. The summed E-state index contributed by atoms with van der Waals surface area (Å²) >= 11 is 0. The molecule has 0 bridgehead atoms. The molecule has 0 atom stereocenters. The minimum absolute atomic E-state index is 0.0741. The molecule has 1 N–H and O–H groups in total. The lowest BCUT2D eigenvalue weighted by Gasteiger charge is -2.24. The zero-order valence-electron chi connectivity index (χ0n) is 10.8. The minimum atomic E-state index is -0.0741. The van der Waals surface area contributed by atoms with Gasteiger partial charge in [-0.3, -0.25) is 4.79 Å². The Morgan fingerprint density at radius 3 is 2.44 bits per heavy atom. The van der Waals surface area contributed by atoms with E-state index >= 15 is 0 Å². The maximum absolute atomic E-state index is 11.9. The highest BCUT2D eigenvalue weighted by atomic mass is 16.5. The van der Waals surface area contributed by atoms with Crippen molar-refractivity contribution in [1.82, 2.24) is 0 Å². The van der Waals surface area contributed by atoms with Gasteiger partial charge in [-0.15, -0.1) is 0 Å². The second-order valence-corrected chi connectivity index (χ2v) is 5.23. The molecule has 18 heavy (non-hydrogen) atoms. The Morgan fingerprint density at radius 2 is 1.83 bits per heavy atom. The van der Waals surface area contributed by atoms with Gasteiger partial charge in [-0.05, 0) is 49.3 Å². The van der Waals surface area contributed by atoms with E-state index < -0.39 is 0 Å². The normalized spacial score (nSPS) is 23.6. The summed E-state index contributed by atoms with van der Waals surface area (Å²) in [5.41, 5.74) is 0.908. The summed E-state index contributed by atoms with van der Waals surface area (Å²) in [7, 11) is 0. The second kappa shape index (κ2) is 5.89. The lowest BCUT2D eigenvalue weighted by Crippen LogP contribution is -2.22. The van der Waals surface area contributed by atoms with Crippen LogP contribution in [0.4, 0.5) is 0 Å². The summed E-state index contributed by atoms with van der Waals surface area (Å²) < 4.78 is 5.32. The maximum atomic E-state index is 11.9. The number of aromatic hydroxyl groups is 1. The molecule has 1 aromatic carbocycles. The number of hydrogen-bond acceptors (Lipinski definition) is 3. The average molecular weight is 248 g/mol. The van der Waals surface area contributed by atoms with E-state index in [1.807, 2.05) is 0 Å². The standard InChI is InChI=1S/C15H20O3/c1-11-2-6-13(7-3-11)15(17)18-10-12-4-8-14(16)9-5-12/h4-5,8-9,11,13,16H,2-3,6-7,10H2,1H3. The van der Waals surface area contributed by atoms with E-state index in [0.717, 1.165) is 37.2 Å². The summed E-state index contributed by atoms with van der Waals surface area (Å²) in [6.07, 6.45) is 4.16. The predicted molar refractivity (Wildman–Crippen MR) is 69.0 cm³/mol. The molecule has 0 radical (unpaired) electrons. The third kappa shape index (κ3) is 3.49. The van der Waals surface area contributed by atoms with Gasteiger partial charge in [0.15, 0.2) is 0 Å². The molecule has 3 heteroatoms. The van der Waals surface area contributed by atoms with Crippen LogP contribution in [0.1, 0.15) is 38.2 Å². The molecular formula is C15H20O3. The first kappa shape index (κ1) is 12.9. The van der Waals surface area contributed by atoms with E-state index in [1.54, 1.807) is 24.3 Å². The number of phenolic OH excluding ortho intramolecular Hbond substituents is 1. The van der Waals surface area contributed by atoms with Gasteiger partial charge in [0.05, 0.1) is 5.92 Å². The molecule has 1 aliphatic carbocycles. The predicted octanol–water partition coefficient (Wildman–Crippen LogP) is 3.26. The smallest absolute Gasteiger partial charge is 0.309 e. The second-order valence-electron chi connectivity index (χ2n) is 5.23. The summed E-state index contributed by atoms with van der Waals surface area (Å²) in [5.74, 6) is 0.978. The van der Waals surface area contributed by atoms with Crippen molar-refractivity contribution in [3.8, 4) is 5.75 Å². The zero-order chi connectivity index (χ0) is 13.0. The number of rotatable bonds is 3. The molecule has 0 unspecified atom stereocenters. The van der Waals surface area contributed by atoms with Crippen LogP contribution in [0.15, 0.2) is 24.3 Å². The first-order chi connectivity index (χ1) is 8.65. The van der Waals surface area contributed by atoms with Crippen LogP contribution in [-0.2, 0) is 16.1 Å². The Hall–Kier alpha value is -1.51. The van der Waals surface area contributed by atoms with Crippen LogP contribution < -0.4 is 0 Å². The van der Waals surface area contributed by atoms with Crippen molar-refractivity contribution < 1.29 is 14.6 Å². The van der Waals surface area contributed by atoms with Gasteiger partial charge in [-0.1, -0.05) is 19.1 Å². The van der Waals surface area contributed by atoms with Crippen molar-refractivity contribution in [3.05, 3.63) is 29.8 Å². The first-order valence-electron chi connectivity index (χ1n) is 6.59. The van der Waals surface area contributed by atoms with Gasteiger partial charge < -0.3 is 9.84 Å². The minimum Gasteiger partial charge on any atom is -0.508 e. The van der Waals surface area contributed by atoms with Crippen LogP contribution in [0.2, 0.25) is 0 Å². The molecule has 98 valence electrons. The fourth-order valence-corrected chi connectivity index (χ4v) is 2.36. The van der Waals surface area contributed by atoms with E-state index in [4.69, 9.17) is 9.84 Å². The summed E-state index contributed by atoms with van der Waals surface area (Å²) in [5, 5.41) is 9.16. The molecular weight excluding hydrogens is 228 g/mol. The Balaban J connectivity index is 1.79. The Kier molecular flexibility index (Phi) is 4.24. The highest BCUT2D eigenvalue weighted by molar-refractivity contribution is 5.72. The average Bonchev–Trinajstić information content (AvgIpc) is 2.38. The number of carbonyl (C=O) groups excluding carboxylic acids is 1. The van der Waals surface area contributed by atoms with Crippen LogP contribution in [0, 0.1) is 11.8 Å². The highest BCUT2D eigenvalue weighted by Gasteiger charge is 2.25. The Bertz CT molecular complexity index is 389. The molecule has 0 saturated heterocycles. The molecule has 1 saturated carbocycles. The molecule has 0 amide bonds. The molecule has 0 spiro atoms. The van der Waals surface area contributed by atoms with Crippen LogP contribution in [0.3, 0.4) is 0 Å².